The summed E-state index contributed by atoms with van der Waals surface area (Å²) in [6.07, 6.45) is -4.46. The van der Waals surface area contributed by atoms with Gasteiger partial charge in [0.15, 0.2) is 5.82 Å². The average Bonchev–Trinajstić information content (AvgIpc) is 2.37. The van der Waals surface area contributed by atoms with Crippen LogP contribution in [0, 0.1) is 6.92 Å². The molecule has 0 atom stereocenters. The molecule has 0 aliphatic rings. The molecule has 0 bridgehead atoms. The van der Waals surface area contributed by atoms with Gasteiger partial charge in [-0.2, -0.15) is 13.2 Å². The second kappa shape index (κ2) is 6.11. The van der Waals surface area contributed by atoms with Gasteiger partial charge in [0.05, 0.1) is 11.3 Å². The van der Waals surface area contributed by atoms with E-state index in [0.717, 1.165) is 6.07 Å². The van der Waals surface area contributed by atoms with E-state index in [1.165, 1.54) is 6.07 Å². The number of hydrogen-bond donors (Lipinski definition) is 1. The Morgan fingerprint density at radius 1 is 1.19 bits per heavy atom. The van der Waals surface area contributed by atoms with Crippen molar-refractivity contribution in [1.82, 2.24) is 15.3 Å². The Morgan fingerprint density at radius 2 is 1.90 bits per heavy atom. The third-order valence-electron chi connectivity index (χ3n) is 2.79. The van der Waals surface area contributed by atoms with Gasteiger partial charge in [0, 0.05) is 22.3 Å². The van der Waals surface area contributed by atoms with Crippen LogP contribution >= 0.6 is 15.9 Å². The number of aromatic nitrogens is 2. The van der Waals surface area contributed by atoms with Crippen LogP contribution in [0.5, 0.6) is 0 Å². The van der Waals surface area contributed by atoms with E-state index in [4.69, 9.17) is 0 Å². The minimum absolute atomic E-state index is 0.0215. The lowest BCUT2D eigenvalue weighted by atomic mass is 10.1. The minimum Gasteiger partial charge on any atom is -0.314 e. The quantitative estimate of drug-likeness (QED) is 0.901. The van der Waals surface area contributed by atoms with Gasteiger partial charge < -0.3 is 5.32 Å². The molecular formula is C14H13BrF3N3. The van der Waals surface area contributed by atoms with Crippen LogP contribution < -0.4 is 5.32 Å². The molecule has 0 saturated heterocycles. The summed E-state index contributed by atoms with van der Waals surface area (Å²) in [5.74, 6) is 0.0834. The largest absolute Gasteiger partial charge is 0.417 e. The van der Waals surface area contributed by atoms with Crippen LogP contribution in [0.4, 0.5) is 13.2 Å². The summed E-state index contributed by atoms with van der Waals surface area (Å²) in [5, 5.41) is 2.92. The Kier molecular flexibility index (Phi) is 4.63. The minimum atomic E-state index is -4.46. The smallest absolute Gasteiger partial charge is 0.314 e. The zero-order valence-corrected chi connectivity index (χ0v) is 13.0. The zero-order valence-electron chi connectivity index (χ0n) is 11.4. The van der Waals surface area contributed by atoms with E-state index in [1.54, 1.807) is 26.1 Å². The summed E-state index contributed by atoms with van der Waals surface area (Å²) < 4.78 is 39.9. The average molecular weight is 360 g/mol. The first-order chi connectivity index (χ1) is 9.81. The summed E-state index contributed by atoms with van der Waals surface area (Å²) >= 11 is 3.06. The summed E-state index contributed by atoms with van der Waals surface area (Å²) in [4.78, 5) is 8.34. The number of benzene rings is 1. The normalized spacial score (nSPS) is 11.7. The van der Waals surface area contributed by atoms with E-state index in [9.17, 15) is 13.2 Å². The number of halogens is 4. The highest BCUT2D eigenvalue weighted by molar-refractivity contribution is 9.10. The number of alkyl halides is 3. The molecule has 7 heteroatoms. The Morgan fingerprint density at radius 3 is 2.52 bits per heavy atom. The van der Waals surface area contributed by atoms with Crippen molar-refractivity contribution in [3.63, 3.8) is 0 Å². The Bertz CT molecular complexity index is 656. The molecule has 0 radical (unpaired) electrons. The van der Waals surface area contributed by atoms with E-state index in [2.05, 4.69) is 31.2 Å². The van der Waals surface area contributed by atoms with Crippen molar-refractivity contribution < 1.29 is 13.2 Å². The van der Waals surface area contributed by atoms with E-state index in [-0.39, 0.29) is 11.4 Å². The summed E-state index contributed by atoms with van der Waals surface area (Å²) in [7, 11) is 1.75. The molecule has 0 aliphatic heterocycles. The maximum absolute atomic E-state index is 13.2. The maximum Gasteiger partial charge on any atom is 0.417 e. The molecule has 0 aliphatic carbocycles. The fraction of sp³-hybridized carbons (Fsp3) is 0.286. The lowest BCUT2D eigenvalue weighted by Crippen LogP contribution is -2.11. The molecule has 3 nitrogen and oxygen atoms in total. The van der Waals surface area contributed by atoms with E-state index < -0.39 is 11.7 Å². The standard InChI is InChI=1S/C14H13BrF3N3/c1-8-5-10(7-19-2)21-13(20-8)11-4-3-9(15)6-12(11)14(16,17)18/h3-6,19H,7H2,1-2H3. The number of hydrogen-bond acceptors (Lipinski definition) is 3. The van der Waals surface area contributed by atoms with Gasteiger partial charge in [0.2, 0.25) is 0 Å². The molecule has 1 N–H and O–H groups in total. The van der Waals surface area contributed by atoms with Crippen molar-refractivity contribution in [3.05, 3.63) is 45.7 Å². The van der Waals surface area contributed by atoms with Crippen molar-refractivity contribution in [1.29, 1.82) is 0 Å². The molecule has 0 spiro atoms. The fourth-order valence-electron chi connectivity index (χ4n) is 1.97. The van der Waals surface area contributed by atoms with Gasteiger partial charge in [-0.05, 0) is 38.2 Å². The molecule has 21 heavy (non-hydrogen) atoms. The van der Waals surface area contributed by atoms with E-state index in [0.29, 0.717) is 22.4 Å². The summed E-state index contributed by atoms with van der Waals surface area (Å²) in [6.45, 7) is 2.20. The van der Waals surface area contributed by atoms with Crippen LogP contribution in [0.3, 0.4) is 0 Å². The number of nitrogens with one attached hydrogen (secondary N) is 1. The zero-order chi connectivity index (χ0) is 15.6. The van der Waals surface area contributed by atoms with Crippen LogP contribution in [0.2, 0.25) is 0 Å². The number of rotatable bonds is 3. The van der Waals surface area contributed by atoms with Crippen LogP contribution in [-0.2, 0) is 12.7 Å². The van der Waals surface area contributed by atoms with Gasteiger partial charge in [0.1, 0.15) is 0 Å². The first kappa shape index (κ1) is 15.9. The highest BCUT2D eigenvalue weighted by Gasteiger charge is 2.34. The topological polar surface area (TPSA) is 37.8 Å². The second-order valence-electron chi connectivity index (χ2n) is 4.54. The molecule has 1 aromatic heterocycles. The fourth-order valence-corrected chi connectivity index (χ4v) is 2.33. The lowest BCUT2D eigenvalue weighted by Gasteiger charge is -2.13. The van der Waals surface area contributed by atoms with Gasteiger partial charge in [0.25, 0.3) is 0 Å². The number of aryl methyl sites for hydroxylation is 1. The molecule has 0 fully saturated rings. The van der Waals surface area contributed by atoms with Crippen molar-refractivity contribution in [3.8, 4) is 11.4 Å². The van der Waals surface area contributed by atoms with Gasteiger partial charge in [-0.25, -0.2) is 9.97 Å². The summed E-state index contributed by atoms with van der Waals surface area (Å²) in [6, 6.07) is 5.71. The van der Waals surface area contributed by atoms with E-state index >= 15 is 0 Å². The number of nitrogens with zero attached hydrogens (tertiary/aromatic N) is 2. The monoisotopic (exact) mass is 359 g/mol. The molecule has 2 rings (SSSR count). The van der Waals surface area contributed by atoms with Gasteiger partial charge in [-0.3, -0.25) is 0 Å². The van der Waals surface area contributed by atoms with Gasteiger partial charge in [-0.15, -0.1) is 0 Å². The molecule has 1 aromatic carbocycles. The third kappa shape index (κ3) is 3.79. The van der Waals surface area contributed by atoms with Crippen molar-refractivity contribution >= 4 is 15.9 Å². The highest BCUT2D eigenvalue weighted by Crippen LogP contribution is 2.37. The van der Waals surface area contributed by atoms with Crippen LogP contribution in [0.15, 0.2) is 28.7 Å². The van der Waals surface area contributed by atoms with Gasteiger partial charge in [-0.1, -0.05) is 15.9 Å². The van der Waals surface area contributed by atoms with Crippen LogP contribution in [-0.4, -0.2) is 17.0 Å². The Hall–Kier alpha value is -1.47. The molecule has 2 aromatic rings. The van der Waals surface area contributed by atoms with E-state index in [1.807, 2.05) is 0 Å². The van der Waals surface area contributed by atoms with Crippen molar-refractivity contribution in [2.75, 3.05) is 7.05 Å². The van der Waals surface area contributed by atoms with Crippen LogP contribution in [0.1, 0.15) is 17.0 Å². The van der Waals surface area contributed by atoms with Crippen LogP contribution in [0.25, 0.3) is 11.4 Å². The first-order valence-electron chi connectivity index (χ1n) is 6.17. The summed E-state index contributed by atoms with van der Waals surface area (Å²) in [5.41, 5.74) is 0.502. The lowest BCUT2D eigenvalue weighted by molar-refractivity contribution is -0.137. The molecular weight excluding hydrogens is 347 g/mol. The molecule has 0 unspecified atom stereocenters. The van der Waals surface area contributed by atoms with Gasteiger partial charge >= 0.3 is 6.18 Å². The Labute approximate surface area is 128 Å². The Balaban J connectivity index is 2.61. The maximum atomic E-state index is 13.2. The molecule has 1 heterocycles. The third-order valence-corrected chi connectivity index (χ3v) is 3.29. The predicted molar refractivity (Wildman–Crippen MR) is 77.7 cm³/mol. The predicted octanol–water partition coefficient (Wildman–Crippen LogP) is 3.95. The second-order valence-corrected chi connectivity index (χ2v) is 5.46. The van der Waals surface area contributed by atoms with Crippen molar-refractivity contribution in [2.45, 2.75) is 19.6 Å². The molecule has 0 amide bonds. The SMILES string of the molecule is CNCc1cc(C)nc(-c2ccc(Br)cc2C(F)(F)F)n1. The molecule has 0 saturated carbocycles. The highest BCUT2D eigenvalue weighted by atomic mass is 79.9. The van der Waals surface area contributed by atoms with Crippen molar-refractivity contribution in [2.24, 2.45) is 0 Å². The molecule has 112 valence electrons. The first-order valence-corrected chi connectivity index (χ1v) is 6.97.